The standard InChI is InChI=1S/C20H25ClN2O4/c1-14-6-5-7-15(10-14)27-9-8-23(2)13-20(24)22-17-12-18(25-3)16(21)11-19(17)26-4/h5-7,10-12H,8-9,13H2,1-4H3,(H,22,24). The van der Waals surface area contributed by atoms with E-state index in [1.165, 1.54) is 14.2 Å². The highest BCUT2D eigenvalue weighted by Crippen LogP contribution is 2.35. The number of likely N-dealkylation sites (N-methyl/N-ethyl adjacent to an activating group) is 1. The van der Waals surface area contributed by atoms with Crippen LogP contribution in [0.1, 0.15) is 5.56 Å². The Labute approximate surface area is 165 Å². The van der Waals surface area contributed by atoms with Crippen molar-refractivity contribution in [2.24, 2.45) is 0 Å². The normalized spacial score (nSPS) is 10.6. The number of anilines is 1. The van der Waals surface area contributed by atoms with Crippen LogP contribution in [0.3, 0.4) is 0 Å². The molecule has 146 valence electrons. The Balaban J connectivity index is 1.86. The molecule has 0 aliphatic rings. The molecule has 0 bridgehead atoms. The lowest BCUT2D eigenvalue weighted by molar-refractivity contribution is -0.117. The number of hydrogen-bond acceptors (Lipinski definition) is 5. The molecule has 6 nitrogen and oxygen atoms in total. The third kappa shape index (κ3) is 6.34. The van der Waals surface area contributed by atoms with Crippen molar-refractivity contribution in [3.8, 4) is 17.2 Å². The Morgan fingerprint density at radius 2 is 1.89 bits per heavy atom. The summed E-state index contributed by atoms with van der Waals surface area (Å²) in [4.78, 5) is 14.2. The van der Waals surface area contributed by atoms with E-state index in [1.54, 1.807) is 12.1 Å². The van der Waals surface area contributed by atoms with Crippen molar-refractivity contribution in [1.29, 1.82) is 0 Å². The number of methoxy groups -OCH3 is 2. The number of amides is 1. The zero-order valence-corrected chi connectivity index (χ0v) is 16.8. The summed E-state index contributed by atoms with van der Waals surface area (Å²) < 4.78 is 16.2. The lowest BCUT2D eigenvalue weighted by Gasteiger charge is -2.18. The maximum absolute atomic E-state index is 12.3. The zero-order chi connectivity index (χ0) is 19.8. The Bertz CT molecular complexity index is 783. The topological polar surface area (TPSA) is 60.0 Å². The summed E-state index contributed by atoms with van der Waals surface area (Å²) >= 11 is 6.08. The number of carbonyl (C=O) groups is 1. The molecule has 1 amide bonds. The molecule has 0 fully saturated rings. The molecule has 0 saturated heterocycles. The van der Waals surface area contributed by atoms with Crippen LogP contribution in [0, 0.1) is 6.92 Å². The molecule has 0 heterocycles. The van der Waals surface area contributed by atoms with Crippen LogP contribution in [0.5, 0.6) is 17.2 Å². The SMILES string of the molecule is COc1cc(NC(=O)CN(C)CCOc2cccc(C)c2)c(OC)cc1Cl. The summed E-state index contributed by atoms with van der Waals surface area (Å²) in [6.45, 7) is 3.34. The maximum atomic E-state index is 12.3. The van der Waals surface area contributed by atoms with Gasteiger partial charge in [0.05, 0.1) is 31.5 Å². The Hall–Kier alpha value is -2.44. The Morgan fingerprint density at radius 3 is 2.56 bits per heavy atom. The number of aryl methyl sites for hydroxylation is 1. The van der Waals surface area contributed by atoms with E-state index in [0.717, 1.165) is 11.3 Å². The van der Waals surface area contributed by atoms with E-state index in [1.807, 2.05) is 43.1 Å². The first-order valence-electron chi connectivity index (χ1n) is 8.52. The van der Waals surface area contributed by atoms with Crippen LogP contribution >= 0.6 is 11.6 Å². The first-order valence-corrected chi connectivity index (χ1v) is 8.90. The fourth-order valence-electron chi connectivity index (χ4n) is 2.50. The molecule has 27 heavy (non-hydrogen) atoms. The molecule has 0 aromatic heterocycles. The van der Waals surface area contributed by atoms with Gasteiger partial charge in [-0.15, -0.1) is 0 Å². The van der Waals surface area contributed by atoms with Gasteiger partial charge in [-0.3, -0.25) is 9.69 Å². The van der Waals surface area contributed by atoms with Crippen LogP contribution in [-0.4, -0.2) is 51.8 Å². The minimum absolute atomic E-state index is 0.171. The van der Waals surface area contributed by atoms with Crippen LogP contribution in [0.4, 0.5) is 5.69 Å². The summed E-state index contributed by atoms with van der Waals surface area (Å²) in [5, 5.41) is 3.24. The van der Waals surface area contributed by atoms with Crippen molar-refractivity contribution in [2.75, 3.05) is 46.3 Å². The largest absolute Gasteiger partial charge is 0.495 e. The van der Waals surface area contributed by atoms with Gasteiger partial charge < -0.3 is 19.5 Å². The molecule has 2 rings (SSSR count). The summed E-state index contributed by atoms with van der Waals surface area (Å²) in [7, 11) is 4.89. The highest BCUT2D eigenvalue weighted by molar-refractivity contribution is 6.32. The lowest BCUT2D eigenvalue weighted by atomic mass is 10.2. The van der Waals surface area contributed by atoms with Crippen molar-refractivity contribution in [2.45, 2.75) is 6.92 Å². The third-order valence-corrected chi connectivity index (χ3v) is 4.19. The average Bonchev–Trinajstić information content (AvgIpc) is 2.62. The second kappa shape index (κ2) is 10.0. The van der Waals surface area contributed by atoms with Gasteiger partial charge in [0.2, 0.25) is 5.91 Å². The number of ether oxygens (including phenoxy) is 3. The molecule has 2 aromatic carbocycles. The Kier molecular flexibility index (Phi) is 7.76. The molecule has 2 aromatic rings. The van der Waals surface area contributed by atoms with Gasteiger partial charge in [-0.1, -0.05) is 23.7 Å². The predicted molar refractivity (Wildman–Crippen MR) is 107 cm³/mol. The van der Waals surface area contributed by atoms with Crippen molar-refractivity contribution in [3.63, 3.8) is 0 Å². The average molecular weight is 393 g/mol. The monoisotopic (exact) mass is 392 g/mol. The molecule has 0 unspecified atom stereocenters. The van der Waals surface area contributed by atoms with E-state index in [2.05, 4.69) is 5.32 Å². The number of benzene rings is 2. The van der Waals surface area contributed by atoms with E-state index in [0.29, 0.717) is 35.4 Å². The van der Waals surface area contributed by atoms with E-state index in [4.69, 9.17) is 25.8 Å². The van der Waals surface area contributed by atoms with Crippen molar-refractivity contribution in [1.82, 2.24) is 4.90 Å². The van der Waals surface area contributed by atoms with Crippen LogP contribution in [0.15, 0.2) is 36.4 Å². The van der Waals surface area contributed by atoms with E-state index in [9.17, 15) is 4.79 Å². The minimum atomic E-state index is -0.171. The molecule has 0 saturated carbocycles. The summed E-state index contributed by atoms with van der Waals surface area (Å²) in [6, 6.07) is 11.1. The molecule has 7 heteroatoms. The lowest BCUT2D eigenvalue weighted by Crippen LogP contribution is -2.33. The predicted octanol–water partition coefficient (Wildman–Crippen LogP) is 3.61. The zero-order valence-electron chi connectivity index (χ0n) is 16.0. The van der Waals surface area contributed by atoms with Gasteiger partial charge >= 0.3 is 0 Å². The first kappa shape index (κ1) is 20.9. The van der Waals surface area contributed by atoms with Crippen LogP contribution in [0.2, 0.25) is 5.02 Å². The highest BCUT2D eigenvalue weighted by atomic mass is 35.5. The molecule has 0 aliphatic heterocycles. The van der Waals surface area contributed by atoms with Gasteiger partial charge in [-0.25, -0.2) is 0 Å². The third-order valence-electron chi connectivity index (χ3n) is 3.89. The Morgan fingerprint density at radius 1 is 1.15 bits per heavy atom. The maximum Gasteiger partial charge on any atom is 0.238 e. The van der Waals surface area contributed by atoms with Gasteiger partial charge in [0, 0.05) is 18.7 Å². The van der Waals surface area contributed by atoms with E-state index < -0.39 is 0 Å². The number of nitrogens with zero attached hydrogens (tertiary/aromatic N) is 1. The molecular weight excluding hydrogens is 368 g/mol. The van der Waals surface area contributed by atoms with Crippen LogP contribution in [0.25, 0.3) is 0 Å². The van der Waals surface area contributed by atoms with Gasteiger partial charge in [-0.2, -0.15) is 0 Å². The summed E-state index contributed by atoms with van der Waals surface area (Å²) in [6.07, 6.45) is 0. The van der Waals surface area contributed by atoms with E-state index in [-0.39, 0.29) is 12.5 Å². The van der Waals surface area contributed by atoms with Gasteiger partial charge in [0.1, 0.15) is 23.9 Å². The molecule has 0 aliphatic carbocycles. The fourth-order valence-corrected chi connectivity index (χ4v) is 2.73. The van der Waals surface area contributed by atoms with Crippen molar-refractivity contribution < 1.29 is 19.0 Å². The van der Waals surface area contributed by atoms with Crippen LogP contribution < -0.4 is 19.5 Å². The minimum Gasteiger partial charge on any atom is -0.495 e. The molecule has 1 N–H and O–H groups in total. The highest BCUT2D eigenvalue weighted by Gasteiger charge is 2.14. The molecule has 0 spiro atoms. The summed E-state index contributed by atoms with van der Waals surface area (Å²) in [5.74, 6) is 1.59. The summed E-state index contributed by atoms with van der Waals surface area (Å²) in [5.41, 5.74) is 1.65. The number of nitrogens with one attached hydrogen (secondary N) is 1. The number of carbonyl (C=O) groups excluding carboxylic acids is 1. The molecular formula is C20H25ClN2O4. The smallest absolute Gasteiger partial charge is 0.238 e. The molecule has 0 atom stereocenters. The second-order valence-corrected chi connectivity index (χ2v) is 6.55. The fraction of sp³-hybridized carbons (Fsp3) is 0.350. The quantitative estimate of drug-likeness (QED) is 0.706. The molecule has 0 radical (unpaired) electrons. The first-order chi connectivity index (χ1) is 12.9. The van der Waals surface area contributed by atoms with Gasteiger partial charge in [0.15, 0.2) is 0 Å². The number of halogens is 1. The van der Waals surface area contributed by atoms with Crippen molar-refractivity contribution >= 4 is 23.2 Å². The number of hydrogen-bond donors (Lipinski definition) is 1. The van der Waals surface area contributed by atoms with Gasteiger partial charge in [-0.05, 0) is 31.7 Å². The second-order valence-electron chi connectivity index (χ2n) is 6.14. The van der Waals surface area contributed by atoms with Gasteiger partial charge in [0.25, 0.3) is 0 Å². The van der Waals surface area contributed by atoms with E-state index >= 15 is 0 Å². The number of rotatable bonds is 9. The van der Waals surface area contributed by atoms with Crippen LogP contribution in [-0.2, 0) is 4.79 Å². The van der Waals surface area contributed by atoms with Crippen molar-refractivity contribution in [3.05, 3.63) is 47.0 Å².